The summed E-state index contributed by atoms with van der Waals surface area (Å²) in [7, 11) is 0. The first-order valence-corrected chi connectivity index (χ1v) is 9.46. The van der Waals surface area contributed by atoms with Crippen molar-refractivity contribution in [1.29, 1.82) is 0 Å². The standard InChI is InChI=1S/C25H24O2/c26-24-18-10-11-20(24)19-27-25(21-12-4-1-5-13-21,22-14-6-2-7-15-22)23-16-8-3-9-17-23/h1-10,12-18,20,24,26H,11,19H2/t20-,24+/m0/s1. The molecular weight excluding hydrogens is 332 g/mol. The van der Waals surface area contributed by atoms with E-state index in [0.717, 1.165) is 23.1 Å². The number of ether oxygens (including phenoxy) is 1. The summed E-state index contributed by atoms with van der Waals surface area (Å²) in [6, 6.07) is 31.0. The summed E-state index contributed by atoms with van der Waals surface area (Å²) in [6.07, 6.45) is 4.30. The summed E-state index contributed by atoms with van der Waals surface area (Å²) >= 11 is 0. The lowest BCUT2D eigenvalue weighted by atomic mass is 9.80. The second-order valence-electron chi connectivity index (χ2n) is 7.00. The molecule has 136 valence electrons. The second-order valence-corrected chi connectivity index (χ2v) is 7.00. The highest BCUT2D eigenvalue weighted by molar-refractivity contribution is 5.47. The lowest BCUT2D eigenvalue weighted by Gasteiger charge is -2.37. The molecule has 1 aliphatic carbocycles. The quantitative estimate of drug-likeness (QED) is 0.501. The Morgan fingerprint density at radius 1 is 0.741 bits per heavy atom. The lowest BCUT2D eigenvalue weighted by Crippen LogP contribution is -2.35. The van der Waals surface area contributed by atoms with E-state index < -0.39 is 11.7 Å². The Bertz CT molecular complexity index is 775. The minimum Gasteiger partial charge on any atom is -0.389 e. The SMILES string of the molecule is O[C@@H]1C=CC[C@H]1COC(c1ccccc1)(c1ccccc1)c1ccccc1. The fourth-order valence-corrected chi connectivity index (χ4v) is 3.86. The third kappa shape index (κ3) is 3.46. The van der Waals surface area contributed by atoms with Gasteiger partial charge >= 0.3 is 0 Å². The molecule has 2 nitrogen and oxygen atoms in total. The molecule has 0 radical (unpaired) electrons. The van der Waals surface area contributed by atoms with Crippen molar-refractivity contribution in [3.05, 3.63) is 120 Å². The minimum atomic E-state index is -0.716. The van der Waals surface area contributed by atoms with Crippen molar-refractivity contribution >= 4 is 0 Å². The molecule has 0 saturated carbocycles. The van der Waals surface area contributed by atoms with Gasteiger partial charge in [0.2, 0.25) is 0 Å². The van der Waals surface area contributed by atoms with Crippen LogP contribution in [0.1, 0.15) is 23.1 Å². The average Bonchev–Trinajstić information content (AvgIpc) is 3.16. The van der Waals surface area contributed by atoms with Crippen LogP contribution in [0.3, 0.4) is 0 Å². The predicted molar refractivity (Wildman–Crippen MR) is 108 cm³/mol. The Labute approximate surface area is 160 Å². The zero-order chi connectivity index (χ0) is 18.5. The largest absolute Gasteiger partial charge is 0.389 e. The molecule has 0 unspecified atom stereocenters. The Kier molecular flexibility index (Phi) is 5.19. The van der Waals surface area contributed by atoms with Gasteiger partial charge < -0.3 is 9.84 Å². The van der Waals surface area contributed by atoms with Gasteiger partial charge in [0.1, 0.15) is 5.60 Å². The number of hydrogen-bond acceptors (Lipinski definition) is 2. The fraction of sp³-hybridized carbons (Fsp3) is 0.200. The van der Waals surface area contributed by atoms with Crippen molar-refractivity contribution in [2.24, 2.45) is 5.92 Å². The summed E-state index contributed by atoms with van der Waals surface area (Å²) in [5, 5.41) is 10.2. The van der Waals surface area contributed by atoms with Gasteiger partial charge in [-0.25, -0.2) is 0 Å². The molecule has 2 atom stereocenters. The fourth-order valence-electron chi connectivity index (χ4n) is 3.86. The second kappa shape index (κ2) is 7.91. The zero-order valence-electron chi connectivity index (χ0n) is 15.2. The van der Waals surface area contributed by atoms with Gasteiger partial charge in [-0.3, -0.25) is 0 Å². The van der Waals surface area contributed by atoms with Crippen molar-refractivity contribution < 1.29 is 9.84 Å². The molecule has 0 spiro atoms. The smallest absolute Gasteiger partial charge is 0.143 e. The number of rotatable bonds is 6. The van der Waals surface area contributed by atoms with E-state index in [1.54, 1.807) is 0 Å². The number of allylic oxidation sites excluding steroid dienone is 1. The topological polar surface area (TPSA) is 29.5 Å². The lowest BCUT2D eigenvalue weighted by molar-refractivity contribution is -0.0254. The first-order valence-electron chi connectivity index (χ1n) is 9.46. The highest BCUT2D eigenvalue weighted by Crippen LogP contribution is 2.41. The van der Waals surface area contributed by atoms with Crippen molar-refractivity contribution in [2.45, 2.75) is 18.1 Å². The maximum atomic E-state index is 10.2. The van der Waals surface area contributed by atoms with Crippen LogP contribution in [0.4, 0.5) is 0 Å². The molecule has 3 aromatic rings. The van der Waals surface area contributed by atoms with Crippen LogP contribution < -0.4 is 0 Å². The summed E-state index contributed by atoms with van der Waals surface area (Å²) < 4.78 is 6.74. The minimum absolute atomic E-state index is 0.0838. The van der Waals surface area contributed by atoms with Crippen LogP contribution in [0.5, 0.6) is 0 Å². The molecule has 4 rings (SSSR count). The van der Waals surface area contributed by atoms with Crippen molar-refractivity contribution in [3.8, 4) is 0 Å². The van der Waals surface area contributed by atoms with Gasteiger partial charge in [0.25, 0.3) is 0 Å². The monoisotopic (exact) mass is 356 g/mol. The molecule has 3 aromatic carbocycles. The van der Waals surface area contributed by atoms with Gasteiger partial charge in [-0.1, -0.05) is 103 Å². The number of hydrogen-bond donors (Lipinski definition) is 1. The van der Waals surface area contributed by atoms with Crippen molar-refractivity contribution in [2.75, 3.05) is 6.61 Å². The Hall–Kier alpha value is -2.68. The maximum absolute atomic E-state index is 10.2. The predicted octanol–water partition coefficient (Wildman–Crippen LogP) is 4.93. The molecule has 0 fully saturated rings. The van der Waals surface area contributed by atoms with E-state index in [9.17, 15) is 5.11 Å². The van der Waals surface area contributed by atoms with Gasteiger partial charge in [-0.15, -0.1) is 0 Å². The van der Waals surface area contributed by atoms with Crippen LogP contribution >= 0.6 is 0 Å². The van der Waals surface area contributed by atoms with Crippen LogP contribution in [0.25, 0.3) is 0 Å². The molecule has 0 saturated heterocycles. The Morgan fingerprint density at radius 2 is 1.19 bits per heavy atom. The number of aliphatic hydroxyl groups is 1. The van der Waals surface area contributed by atoms with Crippen molar-refractivity contribution in [1.82, 2.24) is 0 Å². The molecule has 1 aliphatic rings. The summed E-state index contributed by atoms with van der Waals surface area (Å²) in [5.41, 5.74) is 2.54. The van der Waals surface area contributed by atoms with E-state index in [0.29, 0.717) is 6.61 Å². The highest BCUT2D eigenvalue weighted by atomic mass is 16.5. The first-order chi connectivity index (χ1) is 13.3. The molecule has 0 heterocycles. The molecule has 27 heavy (non-hydrogen) atoms. The summed E-state index contributed by atoms with van der Waals surface area (Å²) in [5.74, 6) is 0.0838. The zero-order valence-corrected chi connectivity index (χ0v) is 15.2. The molecule has 1 N–H and O–H groups in total. The van der Waals surface area contributed by atoms with Gasteiger partial charge in [0.15, 0.2) is 0 Å². The molecule has 0 aromatic heterocycles. The highest BCUT2D eigenvalue weighted by Gasteiger charge is 2.38. The third-order valence-electron chi connectivity index (χ3n) is 5.31. The van der Waals surface area contributed by atoms with E-state index in [4.69, 9.17) is 4.74 Å². The molecular formula is C25H24O2. The van der Waals surface area contributed by atoms with Gasteiger partial charge in [-0.2, -0.15) is 0 Å². The van der Waals surface area contributed by atoms with Gasteiger partial charge in [0, 0.05) is 5.92 Å². The molecule has 2 heteroatoms. The van der Waals surface area contributed by atoms with E-state index in [2.05, 4.69) is 36.4 Å². The number of aliphatic hydroxyl groups excluding tert-OH is 1. The van der Waals surface area contributed by atoms with Crippen LogP contribution in [-0.2, 0) is 10.3 Å². The van der Waals surface area contributed by atoms with Gasteiger partial charge in [-0.05, 0) is 23.1 Å². The van der Waals surface area contributed by atoms with Crippen LogP contribution in [-0.4, -0.2) is 17.8 Å². The number of benzene rings is 3. The van der Waals surface area contributed by atoms with E-state index in [1.165, 1.54) is 0 Å². The van der Waals surface area contributed by atoms with Crippen LogP contribution in [0.15, 0.2) is 103 Å². The maximum Gasteiger partial charge on any atom is 0.143 e. The van der Waals surface area contributed by atoms with Crippen LogP contribution in [0.2, 0.25) is 0 Å². The Balaban J connectivity index is 1.84. The average molecular weight is 356 g/mol. The van der Waals surface area contributed by atoms with E-state index >= 15 is 0 Å². The van der Waals surface area contributed by atoms with Crippen molar-refractivity contribution in [3.63, 3.8) is 0 Å². The normalized spacial score (nSPS) is 19.3. The molecule has 0 bridgehead atoms. The third-order valence-corrected chi connectivity index (χ3v) is 5.31. The molecule has 0 amide bonds. The van der Waals surface area contributed by atoms with Gasteiger partial charge in [0.05, 0.1) is 12.7 Å². The first kappa shape index (κ1) is 17.7. The molecule has 0 aliphatic heterocycles. The Morgan fingerprint density at radius 3 is 1.56 bits per heavy atom. The summed E-state index contributed by atoms with van der Waals surface area (Å²) in [6.45, 7) is 0.479. The van der Waals surface area contributed by atoms with Crippen LogP contribution in [0, 0.1) is 5.92 Å². The van der Waals surface area contributed by atoms with E-state index in [1.807, 2.05) is 66.7 Å². The van der Waals surface area contributed by atoms with E-state index in [-0.39, 0.29) is 5.92 Å². The summed E-state index contributed by atoms with van der Waals surface area (Å²) in [4.78, 5) is 0.